The lowest BCUT2D eigenvalue weighted by Crippen LogP contribution is -2.36. The molecular weight excluding hydrogens is 292 g/mol. The van der Waals surface area contributed by atoms with Crippen LogP contribution in [0.15, 0.2) is 59.7 Å². The van der Waals surface area contributed by atoms with E-state index in [0.717, 1.165) is 10.7 Å². The largest absolute Gasteiger partial charge is 0.262 e. The average molecular weight is 311 g/mol. The topological polar surface area (TPSA) is 15.6 Å². The molecule has 1 aliphatic heterocycles. The Morgan fingerprint density at radius 1 is 0.909 bits per heavy atom. The fourth-order valence-electron chi connectivity index (χ4n) is 3.71. The smallest absolute Gasteiger partial charge is 0.0734 e. The van der Waals surface area contributed by atoms with Crippen LogP contribution >= 0.6 is 11.6 Å². The van der Waals surface area contributed by atoms with E-state index >= 15 is 0 Å². The zero-order valence-electron chi connectivity index (χ0n) is 12.5. The second-order valence-corrected chi connectivity index (χ2v) is 6.57. The van der Waals surface area contributed by atoms with Crippen molar-refractivity contribution in [1.29, 1.82) is 0 Å². The Balaban J connectivity index is 1.74. The zero-order valence-corrected chi connectivity index (χ0v) is 13.2. The third kappa shape index (κ3) is 2.42. The van der Waals surface area contributed by atoms with Crippen LogP contribution in [0.25, 0.3) is 0 Å². The van der Waals surface area contributed by atoms with Gasteiger partial charge in [0.1, 0.15) is 0 Å². The first-order chi connectivity index (χ1) is 10.8. The van der Waals surface area contributed by atoms with Crippen LogP contribution in [-0.4, -0.2) is 11.8 Å². The molecule has 2 nitrogen and oxygen atoms in total. The summed E-state index contributed by atoms with van der Waals surface area (Å²) >= 11 is 6.03. The van der Waals surface area contributed by atoms with Crippen molar-refractivity contribution in [2.75, 3.05) is 5.01 Å². The van der Waals surface area contributed by atoms with Gasteiger partial charge in [-0.2, -0.15) is 5.10 Å². The van der Waals surface area contributed by atoms with Gasteiger partial charge in [0, 0.05) is 10.9 Å². The lowest BCUT2D eigenvalue weighted by molar-refractivity contribution is 0.384. The quantitative estimate of drug-likeness (QED) is 0.751. The zero-order chi connectivity index (χ0) is 14.9. The van der Waals surface area contributed by atoms with E-state index in [1.165, 1.54) is 37.0 Å². The van der Waals surface area contributed by atoms with Gasteiger partial charge in [-0.15, -0.1) is 0 Å². The van der Waals surface area contributed by atoms with Gasteiger partial charge in [-0.3, -0.25) is 5.01 Å². The molecule has 22 heavy (non-hydrogen) atoms. The highest BCUT2D eigenvalue weighted by atomic mass is 35.5. The highest BCUT2D eigenvalue weighted by molar-refractivity contribution is 6.30. The number of hydrogen-bond acceptors (Lipinski definition) is 2. The molecule has 2 aromatic carbocycles. The minimum absolute atomic E-state index is 0.491. The first kappa shape index (κ1) is 13.8. The van der Waals surface area contributed by atoms with Crippen LogP contribution in [0, 0.1) is 5.92 Å². The molecule has 0 saturated heterocycles. The summed E-state index contributed by atoms with van der Waals surface area (Å²) in [7, 11) is 0. The monoisotopic (exact) mass is 310 g/mol. The molecule has 2 atom stereocenters. The van der Waals surface area contributed by atoms with Gasteiger partial charge in [-0.1, -0.05) is 54.8 Å². The molecule has 2 aromatic rings. The van der Waals surface area contributed by atoms with Gasteiger partial charge in [0.2, 0.25) is 0 Å². The minimum atomic E-state index is 0.491. The number of benzene rings is 2. The first-order valence-electron chi connectivity index (χ1n) is 8.01. The van der Waals surface area contributed by atoms with E-state index in [4.69, 9.17) is 16.7 Å². The van der Waals surface area contributed by atoms with Crippen LogP contribution in [0.2, 0.25) is 5.02 Å². The SMILES string of the molecule is Clc1ccc(N2N=C(c3ccccc3)[C@H]3CCCC[C@H]32)cc1. The third-order valence-corrected chi connectivity index (χ3v) is 5.02. The Morgan fingerprint density at radius 3 is 2.41 bits per heavy atom. The van der Waals surface area contributed by atoms with Crippen molar-refractivity contribution < 1.29 is 0 Å². The van der Waals surface area contributed by atoms with Crippen LogP contribution < -0.4 is 5.01 Å². The molecule has 4 rings (SSSR count). The summed E-state index contributed by atoms with van der Waals surface area (Å²) in [5.41, 5.74) is 3.66. The van der Waals surface area contributed by atoms with Gasteiger partial charge in [0.15, 0.2) is 0 Å². The van der Waals surface area contributed by atoms with E-state index in [1.54, 1.807) is 0 Å². The summed E-state index contributed by atoms with van der Waals surface area (Å²) in [5, 5.41) is 8.01. The van der Waals surface area contributed by atoms with E-state index in [2.05, 4.69) is 47.5 Å². The minimum Gasteiger partial charge on any atom is -0.262 e. The van der Waals surface area contributed by atoms with Crippen molar-refractivity contribution in [3.8, 4) is 0 Å². The fourth-order valence-corrected chi connectivity index (χ4v) is 3.84. The van der Waals surface area contributed by atoms with Crippen molar-refractivity contribution in [1.82, 2.24) is 0 Å². The first-order valence-corrected chi connectivity index (χ1v) is 8.39. The van der Waals surface area contributed by atoms with Gasteiger partial charge < -0.3 is 0 Å². The molecule has 2 aliphatic rings. The van der Waals surface area contributed by atoms with E-state index in [0.29, 0.717) is 12.0 Å². The number of anilines is 1. The molecular formula is C19H19ClN2. The number of halogens is 1. The standard InChI is InChI=1S/C19H19ClN2/c20-15-10-12-16(13-11-15)22-18-9-5-4-8-17(18)19(21-22)14-6-2-1-3-7-14/h1-3,6-7,10-13,17-18H,4-5,8-9H2/t17-,18+/m0/s1. The Morgan fingerprint density at radius 2 is 1.64 bits per heavy atom. The maximum Gasteiger partial charge on any atom is 0.0734 e. The van der Waals surface area contributed by atoms with E-state index in [1.807, 2.05) is 12.1 Å². The lowest BCUT2D eigenvalue weighted by Gasteiger charge is -2.31. The van der Waals surface area contributed by atoms with Crippen LogP contribution in [0.5, 0.6) is 0 Å². The highest BCUT2D eigenvalue weighted by Crippen LogP contribution is 2.39. The second-order valence-electron chi connectivity index (χ2n) is 6.13. The van der Waals surface area contributed by atoms with Gasteiger partial charge in [0.05, 0.1) is 17.4 Å². The van der Waals surface area contributed by atoms with Crippen LogP contribution in [0.4, 0.5) is 5.69 Å². The molecule has 1 heterocycles. The van der Waals surface area contributed by atoms with Crippen LogP contribution in [0.3, 0.4) is 0 Å². The summed E-state index contributed by atoms with van der Waals surface area (Å²) in [6.45, 7) is 0. The van der Waals surface area contributed by atoms with Crippen molar-refractivity contribution in [3.63, 3.8) is 0 Å². The molecule has 0 spiro atoms. The number of hydrazone groups is 1. The Hall–Kier alpha value is -1.80. The summed E-state index contributed by atoms with van der Waals surface area (Å²) in [5.74, 6) is 0.548. The Bertz CT molecular complexity index is 678. The molecule has 0 amide bonds. The van der Waals surface area contributed by atoms with Gasteiger partial charge in [0.25, 0.3) is 0 Å². The van der Waals surface area contributed by atoms with Crippen molar-refractivity contribution >= 4 is 23.0 Å². The maximum atomic E-state index is 6.03. The van der Waals surface area contributed by atoms with Gasteiger partial charge >= 0.3 is 0 Å². The third-order valence-electron chi connectivity index (χ3n) is 4.77. The molecule has 1 saturated carbocycles. The van der Waals surface area contributed by atoms with E-state index < -0.39 is 0 Å². The summed E-state index contributed by atoms with van der Waals surface area (Å²) in [6, 6.07) is 19.2. The predicted octanol–water partition coefficient (Wildman–Crippen LogP) is 5.12. The second kappa shape index (κ2) is 5.77. The molecule has 0 radical (unpaired) electrons. The molecule has 3 heteroatoms. The molecule has 1 fully saturated rings. The van der Waals surface area contributed by atoms with E-state index in [9.17, 15) is 0 Å². The lowest BCUT2D eigenvalue weighted by atomic mass is 9.80. The van der Waals surface area contributed by atoms with Crippen molar-refractivity contribution in [2.45, 2.75) is 31.7 Å². The maximum absolute atomic E-state index is 6.03. The van der Waals surface area contributed by atoms with Crippen molar-refractivity contribution in [2.24, 2.45) is 11.0 Å². The van der Waals surface area contributed by atoms with Crippen molar-refractivity contribution in [3.05, 3.63) is 65.2 Å². The summed E-state index contributed by atoms with van der Waals surface area (Å²) in [4.78, 5) is 0. The van der Waals surface area contributed by atoms with Crippen LogP contribution in [-0.2, 0) is 0 Å². The fraction of sp³-hybridized carbons (Fsp3) is 0.316. The number of fused-ring (bicyclic) bond motifs is 1. The Kier molecular flexibility index (Phi) is 3.63. The number of rotatable bonds is 2. The Labute approximate surface area is 136 Å². The normalized spacial score (nSPS) is 24.0. The van der Waals surface area contributed by atoms with Gasteiger partial charge in [-0.25, -0.2) is 0 Å². The molecule has 112 valence electrons. The van der Waals surface area contributed by atoms with Crippen LogP contribution in [0.1, 0.15) is 31.2 Å². The van der Waals surface area contributed by atoms with Gasteiger partial charge in [-0.05, 0) is 42.7 Å². The molecule has 0 unspecified atom stereocenters. The average Bonchev–Trinajstić information content (AvgIpc) is 2.96. The highest BCUT2D eigenvalue weighted by Gasteiger charge is 2.39. The summed E-state index contributed by atoms with van der Waals surface area (Å²) in [6.07, 6.45) is 5.06. The number of hydrogen-bond donors (Lipinski definition) is 0. The molecule has 0 bridgehead atoms. The molecule has 0 aromatic heterocycles. The van der Waals surface area contributed by atoms with E-state index in [-0.39, 0.29) is 0 Å². The number of nitrogens with zero attached hydrogens (tertiary/aromatic N) is 2. The summed E-state index contributed by atoms with van der Waals surface area (Å²) < 4.78 is 0. The predicted molar refractivity (Wildman–Crippen MR) is 92.7 cm³/mol. The molecule has 1 aliphatic carbocycles. The molecule has 0 N–H and O–H groups in total.